The molecule has 1 aromatic carbocycles. The molecular weight excluding hydrogens is 425 g/mol. The largest absolute Gasteiger partial charge is 0.416 e. The predicted octanol–water partition coefficient (Wildman–Crippen LogP) is 1.98. The molecule has 0 aromatic heterocycles. The Morgan fingerprint density at radius 2 is 1.72 bits per heavy atom. The number of carbonyl (C=O) groups excluding carboxylic acids is 3. The van der Waals surface area contributed by atoms with Crippen LogP contribution in [0.3, 0.4) is 0 Å². The van der Waals surface area contributed by atoms with E-state index in [1.165, 1.54) is 17.0 Å². The zero-order valence-electron chi connectivity index (χ0n) is 18.0. The van der Waals surface area contributed by atoms with Gasteiger partial charge < -0.3 is 20.0 Å². The zero-order chi connectivity index (χ0) is 23.1. The number of carbonyl (C=O) groups is 3. The molecule has 32 heavy (non-hydrogen) atoms. The quantitative estimate of drug-likeness (QED) is 0.652. The summed E-state index contributed by atoms with van der Waals surface area (Å²) in [6, 6.07) is 4.11. The van der Waals surface area contributed by atoms with E-state index in [-0.39, 0.29) is 30.3 Å². The van der Waals surface area contributed by atoms with Gasteiger partial charge in [-0.25, -0.2) is 0 Å². The molecule has 1 aromatic rings. The number of likely N-dealkylation sites (tertiary alicyclic amines) is 1. The van der Waals surface area contributed by atoms with Crippen molar-refractivity contribution < 1.29 is 27.6 Å². The smallest absolute Gasteiger partial charge is 0.343 e. The van der Waals surface area contributed by atoms with Gasteiger partial charge in [0, 0.05) is 70.8 Å². The number of benzene rings is 1. The summed E-state index contributed by atoms with van der Waals surface area (Å²) in [6.45, 7) is 4.39. The number of halogens is 3. The molecule has 2 heterocycles. The van der Waals surface area contributed by atoms with E-state index in [4.69, 9.17) is 0 Å². The van der Waals surface area contributed by atoms with Crippen molar-refractivity contribution in [3.63, 3.8) is 0 Å². The van der Waals surface area contributed by atoms with Crippen molar-refractivity contribution in [2.75, 3.05) is 52.4 Å². The van der Waals surface area contributed by atoms with E-state index in [0.717, 1.165) is 31.6 Å². The standard InChI is InChI=1S/C22H29F3N4O3/c23-22(24,25)18-6-4-17(5-7-18)21(32)29(13-2-12-27-11-1-3-19(27)30)14-8-20(31)28-15-9-26-10-16-28/h4-7,26H,1-3,8-16H2. The van der Waals surface area contributed by atoms with Crippen LogP contribution in [0.25, 0.3) is 0 Å². The van der Waals surface area contributed by atoms with Crippen molar-refractivity contribution in [2.45, 2.75) is 31.9 Å². The lowest BCUT2D eigenvalue weighted by atomic mass is 10.1. The highest BCUT2D eigenvalue weighted by atomic mass is 19.4. The Hall–Kier alpha value is -2.62. The molecule has 10 heteroatoms. The lowest BCUT2D eigenvalue weighted by Crippen LogP contribution is -2.47. The fourth-order valence-corrected chi connectivity index (χ4v) is 4.00. The minimum atomic E-state index is -4.47. The summed E-state index contributed by atoms with van der Waals surface area (Å²) in [5.41, 5.74) is -0.674. The summed E-state index contributed by atoms with van der Waals surface area (Å²) >= 11 is 0. The van der Waals surface area contributed by atoms with Crippen LogP contribution in [0.2, 0.25) is 0 Å². The molecule has 176 valence electrons. The van der Waals surface area contributed by atoms with Gasteiger partial charge in [-0.3, -0.25) is 14.4 Å². The molecule has 7 nitrogen and oxygen atoms in total. The number of hydrogen-bond acceptors (Lipinski definition) is 4. The van der Waals surface area contributed by atoms with Crippen LogP contribution in [0, 0.1) is 0 Å². The summed E-state index contributed by atoms with van der Waals surface area (Å²) in [5, 5.41) is 3.18. The Labute approximate surface area is 185 Å². The van der Waals surface area contributed by atoms with Gasteiger partial charge in [0.1, 0.15) is 0 Å². The fraction of sp³-hybridized carbons (Fsp3) is 0.591. The lowest BCUT2D eigenvalue weighted by Gasteiger charge is -2.29. The third-order valence-electron chi connectivity index (χ3n) is 5.84. The first-order valence-electron chi connectivity index (χ1n) is 11.0. The molecule has 0 radical (unpaired) electrons. The Balaban J connectivity index is 1.63. The molecule has 1 N–H and O–H groups in total. The summed E-state index contributed by atoms with van der Waals surface area (Å²) < 4.78 is 38.5. The second kappa shape index (κ2) is 10.8. The van der Waals surface area contributed by atoms with E-state index in [0.29, 0.717) is 45.6 Å². The van der Waals surface area contributed by atoms with Crippen molar-refractivity contribution in [3.05, 3.63) is 35.4 Å². The van der Waals surface area contributed by atoms with Gasteiger partial charge in [0.05, 0.1) is 5.56 Å². The first-order valence-corrected chi connectivity index (χ1v) is 11.0. The van der Waals surface area contributed by atoms with Crippen LogP contribution in [0.1, 0.15) is 41.6 Å². The highest BCUT2D eigenvalue weighted by Gasteiger charge is 2.30. The topological polar surface area (TPSA) is 73.0 Å². The molecule has 0 atom stereocenters. The van der Waals surface area contributed by atoms with E-state index in [2.05, 4.69) is 5.32 Å². The third kappa shape index (κ3) is 6.44. The highest BCUT2D eigenvalue weighted by molar-refractivity contribution is 5.94. The van der Waals surface area contributed by atoms with E-state index in [1.54, 1.807) is 9.80 Å². The van der Waals surface area contributed by atoms with Crippen LogP contribution in [0.5, 0.6) is 0 Å². The molecule has 3 rings (SSSR count). The number of nitrogens with zero attached hydrogens (tertiary/aromatic N) is 3. The number of nitrogens with one attached hydrogen (secondary N) is 1. The molecule has 3 amide bonds. The molecule has 0 bridgehead atoms. The number of rotatable bonds is 8. The molecule has 2 aliphatic rings. The number of alkyl halides is 3. The number of piperazine rings is 1. The van der Waals surface area contributed by atoms with Gasteiger partial charge in [-0.05, 0) is 37.1 Å². The van der Waals surface area contributed by atoms with Crippen molar-refractivity contribution in [1.82, 2.24) is 20.0 Å². The number of amides is 3. The zero-order valence-corrected chi connectivity index (χ0v) is 18.0. The average Bonchev–Trinajstić information content (AvgIpc) is 3.20. The van der Waals surface area contributed by atoms with E-state index in [1.807, 2.05) is 0 Å². The lowest BCUT2D eigenvalue weighted by molar-refractivity contribution is -0.137. The Morgan fingerprint density at radius 1 is 1.03 bits per heavy atom. The maximum Gasteiger partial charge on any atom is 0.416 e. The van der Waals surface area contributed by atoms with E-state index >= 15 is 0 Å². The van der Waals surface area contributed by atoms with E-state index in [9.17, 15) is 27.6 Å². The molecule has 0 saturated carbocycles. The Bertz CT molecular complexity index is 808. The third-order valence-corrected chi connectivity index (χ3v) is 5.84. The van der Waals surface area contributed by atoms with Crippen LogP contribution < -0.4 is 5.32 Å². The van der Waals surface area contributed by atoms with Gasteiger partial charge in [-0.2, -0.15) is 13.2 Å². The van der Waals surface area contributed by atoms with Crippen LogP contribution in [-0.2, 0) is 15.8 Å². The second-order valence-corrected chi connectivity index (χ2v) is 8.09. The number of hydrogen-bond donors (Lipinski definition) is 1. The van der Waals surface area contributed by atoms with Crippen LogP contribution in [-0.4, -0.2) is 84.8 Å². The fourth-order valence-electron chi connectivity index (χ4n) is 4.00. The minimum absolute atomic E-state index is 0.0496. The first-order chi connectivity index (χ1) is 15.3. The molecular formula is C22H29F3N4O3. The van der Waals surface area contributed by atoms with Gasteiger partial charge in [0.2, 0.25) is 11.8 Å². The molecule has 2 fully saturated rings. The van der Waals surface area contributed by atoms with Gasteiger partial charge in [0.25, 0.3) is 5.91 Å². The molecule has 0 unspecified atom stereocenters. The van der Waals surface area contributed by atoms with Crippen molar-refractivity contribution >= 4 is 17.7 Å². The van der Waals surface area contributed by atoms with Gasteiger partial charge in [0.15, 0.2) is 0 Å². The Kier molecular flexibility index (Phi) is 8.11. The van der Waals surface area contributed by atoms with Crippen LogP contribution >= 0.6 is 0 Å². The van der Waals surface area contributed by atoms with Crippen molar-refractivity contribution in [2.24, 2.45) is 0 Å². The maximum atomic E-state index is 13.0. The van der Waals surface area contributed by atoms with Crippen LogP contribution in [0.15, 0.2) is 24.3 Å². The normalized spacial score (nSPS) is 17.0. The summed E-state index contributed by atoms with van der Waals surface area (Å²) in [7, 11) is 0. The van der Waals surface area contributed by atoms with E-state index < -0.39 is 17.6 Å². The van der Waals surface area contributed by atoms with Crippen molar-refractivity contribution in [3.8, 4) is 0 Å². The van der Waals surface area contributed by atoms with Gasteiger partial charge in [-0.1, -0.05) is 0 Å². The second-order valence-electron chi connectivity index (χ2n) is 8.09. The summed E-state index contributed by atoms with van der Waals surface area (Å²) in [4.78, 5) is 42.4. The van der Waals surface area contributed by atoms with Crippen LogP contribution in [0.4, 0.5) is 13.2 Å². The van der Waals surface area contributed by atoms with Crippen molar-refractivity contribution in [1.29, 1.82) is 0 Å². The maximum absolute atomic E-state index is 13.0. The SMILES string of the molecule is O=C1CCCN1CCCN(CCC(=O)N1CCNCC1)C(=O)c1ccc(C(F)(F)F)cc1. The monoisotopic (exact) mass is 454 g/mol. The predicted molar refractivity (Wildman–Crippen MR) is 112 cm³/mol. The Morgan fingerprint density at radius 3 is 2.31 bits per heavy atom. The first kappa shape index (κ1) is 24.0. The molecule has 0 aliphatic carbocycles. The van der Waals surface area contributed by atoms with Gasteiger partial charge >= 0.3 is 6.18 Å². The molecule has 2 aliphatic heterocycles. The molecule has 0 spiro atoms. The summed E-state index contributed by atoms with van der Waals surface area (Å²) in [5.74, 6) is -0.370. The average molecular weight is 454 g/mol. The molecule has 2 saturated heterocycles. The highest BCUT2D eigenvalue weighted by Crippen LogP contribution is 2.29. The minimum Gasteiger partial charge on any atom is -0.343 e. The summed E-state index contributed by atoms with van der Waals surface area (Å²) in [6.07, 6.45) is -2.42. The van der Waals surface area contributed by atoms with Gasteiger partial charge in [-0.15, -0.1) is 0 Å².